The van der Waals surface area contributed by atoms with Gasteiger partial charge in [0.2, 0.25) is 0 Å². The third kappa shape index (κ3) is 2.64. The van der Waals surface area contributed by atoms with E-state index in [1.807, 2.05) is 0 Å². The van der Waals surface area contributed by atoms with Gasteiger partial charge in [0, 0.05) is 13.5 Å². The first-order valence-electron chi connectivity index (χ1n) is 3.47. The van der Waals surface area contributed by atoms with Gasteiger partial charge in [0.15, 0.2) is 0 Å². The van der Waals surface area contributed by atoms with E-state index in [9.17, 15) is 0 Å². The highest BCUT2D eigenvalue weighted by Gasteiger charge is 2.38. The Morgan fingerprint density at radius 1 is 1.60 bits per heavy atom. The molecule has 0 aromatic carbocycles. The van der Waals surface area contributed by atoms with Crippen LogP contribution in [0.4, 0.5) is 0 Å². The van der Waals surface area contributed by atoms with Crippen molar-refractivity contribution in [2.24, 2.45) is 0 Å². The molecule has 0 radical (unpaired) electrons. The van der Waals surface area contributed by atoms with Crippen molar-refractivity contribution in [1.29, 1.82) is 0 Å². The largest absolute Gasteiger partial charge is 0.370 e. The molecule has 0 aliphatic carbocycles. The fourth-order valence-electron chi connectivity index (χ4n) is 0.698. The minimum absolute atomic E-state index is 0.119. The van der Waals surface area contributed by atoms with Crippen LogP contribution in [0.1, 0.15) is 13.3 Å². The van der Waals surface area contributed by atoms with E-state index in [-0.39, 0.29) is 5.60 Å². The van der Waals surface area contributed by atoms with E-state index in [0.717, 1.165) is 19.6 Å². The van der Waals surface area contributed by atoms with Crippen LogP contribution in [0, 0.1) is 0 Å². The molecule has 0 saturated carbocycles. The van der Waals surface area contributed by atoms with E-state index in [4.69, 9.17) is 14.2 Å². The molecule has 1 saturated heterocycles. The molecule has 1 rings (SSSR count). The van der Waals surface area contributed by atoms with Crippen LogP contribution in [0.2, 0.25) is 0 Å². The standard InChI is InChI=1S/C7H14O3/c1-7(5-10-7)3-4-9-6-8-2/h3-6H2,1-2H3. The lowest BCUT2D eigenvalue weighted by Gasteiger charge is -2.04. The highest BCUT2D eigenvalue weighted by atomic mass is 16.7. The first kappa shape index (κ1) is 7.98. The van der Waals surface area contributed by atoms with Gasteiger partial charge < -0.3 is 14.2 Å². The summed E-state index contributed by atoms with van der Waals surface area (Å²) in [4.78, 5) is 0. The van der Waals surface area contributed by atoms with Gasteiger partial charge in [0.05, 0.1) is 18.8 Å². The summed E-state index contributed by atoms with van der Waals surface area (Å²) >= 11 is 0. The fraction of sp³-hybridized carbons (Fsp3) is 1.00. The molecular formula is C7H14O3. The van der Waals surface area contributed by atoms with E-state index in [0.29, 0.717) is 6.79 Å². The lowest BCUT2D eigenvalue weighted by Crippen LogP contribution is -2.09. The Morgan fingerprint density at radius 2 is 2.30 bits per heavy atom. The molecule has 10 heavy (non-hydrogen) atoms. The average Bonchev–Trinajstić information content (AvgIpc) is 2.62. The molecule has 60 valence electrons. The molecule has 0 amide bonds. The Morgan fingerprint density at radius 3 is 2.80 bits per heavy atom. The van der Waals surface area contributed by atoms with Gasteiger partial charge >= 0.3 is 0 Å². The molecule has 0 aromatic rings. The summed E-state index contributed by atoms with van der Waals surface area (Å²) in [6, 6.07) is 0. The normalized spacial score (nSPS) is 30.6. The maximum absolute atomic E-state index is 5.16. The van der Waals surface area contributed by atoms with E-state index in [1.165, 1.54) is 0 Å². The predicted octanol–water partition coefficient (Wildman–Crippen LogP) is 0.786. The van der Waals surface area contributed by atoms with Crippen LogP contribution in [0.3, 0.4) is 0 Å². The van der Waals surface area contributed by atoms with Gasteiger partial charge in [-0.3, -0.25) is 0 Å². The highest BCUT2D eigenvalue weighted by molar-refractivity contribution is 4.86. The zero-order chi connectivity index (χ0) is 7.45. The summed E-state index contributed by atoms with van der Waals surface area (Å²) in [6.07, 6.45) is 0.969. The molecule has 0 bridgehead atoms. The monoisotopic (exact) mass is 146 g/mol. The molecule has 0 spiro atoms. The Kier molecular flexibility index (Phi) is 2.65. The lowest BCUT2D eigenvalue weighted by molar-refractivity contribution is -0.0351. The van der Waals surface area contributed by atoms with Crippen molar-refractivity contribution in [3.8, 4) is 0 Å². The van der Waals surface area contributed by atoms with E-state index in [1.54, 1.807) is 7.11 Å². The highest BCUT2D eigenvalue weighted by Crippen LogP contribution is 2.29. The van der Waals surface area contributed by atoms with E-state index < -0.39 is 0 Å². The minimum atomic E-state index is 0.119. The number of ether oxygens (including phenoxy) is 3. The molecular weight excluding hydrogens is 132 g/mol. The smallest absolute Gasteiger partial charge is 0.146 e. The molecule has 0 aromatic heterocycles. The van der Waals surface area contributed by atoms with Gasteiger partial charge in [-0.15, -0.1) is 0 Å². The van der Waals surface area contributed by atoms with E-state index >= 15 is 0 Å². The van der Waals surface area contributed by atoms with Crippen LogP contribution < -0.4 is 0 Å². The second kappa shape index (κ2) is 3.32. The minimum Gasteiger partial charge on any atom is -0.370 e. The molecule has 3 nitrogen and oxygen atoms in total. The molecule has 1 unspecified atom stereocenters. The summed E-state index contributed by atoms with van der Waals surface area (Å²) in [6.45, 7) is 4.08. The second-order valence-electron chi connectivity index (χ2n) is 2.80. The van der Waals surface area contributed by atoms with Gasteiger partial charge in [0.1, 0.15) is 6.79 Å². The van der Waals surface area contributed by atoms with E-state index in [2.05, 4.69) is 6.92 Å². The Balaban J connectivity index is 1.86. The number of rotatable bonds is 5. The van der Waals surface area contributed by atoms with Crippen molar-refractivity contribution in [2.45, 2.75) is 18.9 Å². The van der Waals surface area contributed by atoms with Crippen molar-refractivity contribution >= 4 is 0 Å². The Labute approximate surface area is 61.3 Å². The number of epoxide rings is 1. The number of methoxy groups -OCH3 is 1. The summed E-state index contributed by atoms with van der Waals surface area (Å²) in [5.74, 6) is 0. The number of hydrogen-bond donors (Lipinski definition) is 0. The van der Waals surface area contributed by atoms with Crippen LogP contribution in [-0.2, 0) is 14.2 Å². The van der Waals surface area contributed by atoms with Gasteiger partial charge in [-0.1, -0.05) is 0 Å². The van der Waals surface area contributed by atoms with Crippen molar-refractivity contribution in [2.75, 3.05) is 27.1 Å². The van der Waals surface area contributed by atoms with Gasteiger partial charge in [-0.05, 0) is 6.92 Å². The van der Waals surface area contributed by atoms with Gasteiger partial charge in [-0.25, -0.2) is 0 Å². The van der Waals surface area contributed by atoms with Crippen LogP contribution in [0.25, 0.3) is 0 Å². The second-order valence-corrected chi connectivity index (χ2v) is 2.80. The Bertz CT molecular complexity index is 99.0. The molecule has 1 aliphatic rings. The van der Waals surface area contributed by atoms with Gasteiger partial charge in [0.25, 0.3) is 0 Å². The summed E-state index contributed by atoms with van der Waals surface area (Å²) in [7, 11) is 1.62. The summed E-state index contributed by atoms with van der Waals surface area (Å²) < 4.78 is 15.0. The Hall–Kier alpha value is -0.120. The number of hydrogen-bond acceptors (Lipinski definition) is 3. The van der Waals surface area contributed by atoms with Crippen LogP contribution in [0.5, 0.6) is 0 Å². The quantitative estimate of drug-likeness (QED) is 0.326. The summed E-state index contributed by atoms with van der Waals surface area (Å²) in [5.41, 5.74) is 0.119. The molecule has 0 N–H and O–H groups in total. The van der Waals surface area contributed by atoms with Crippen LogP contribution in [-0.4, -0.2) is 32.7 Å². The maximum atomic E-state index is 5.16. The average molecular weight is 146 g/mol. The first-order valence-corrected chi connectivity index (χ1v) is 3.47. The fourth-order valence-corrected chi connectivity index (χ4v) is 0.698. The maximum Gasteiger partial charge on any atom is 0.146 e. The topological polar surface area (TPSA) is 31.0 Å². The summed E-state index contributed by atoms with van der Waals surface area (Å²) in [5, 5.41) is 0. The first-order chi connectivity index (χ1) is 4.77. The zero-order valence-electron chi connectivity index (χ0n) is 6.55. The van der Waals surface area contributed by atoms with Crippen molar-refractivity contribution in [1.82, 2.24) is 0 Å². The van der Waals surface area contributed by atoms with Crippen molar-refractivity contribution in [3.63, 3.8) is 0 Å². The molecule has 1 heterocycles. The molecule has 1 fully saturated rings. The molecule has 1 atom stereocenters. The third-order valence-electron chi connectivity index (χ3n) is 1.61. The van der Waals surface area contributed by atoms with Gasteiger partial charge in [-0.2, -0.15) is 0 Å². The van der Waals surface area contributed by atoms with Crippen molar-refractivity contribution in [3.05, 3.63) is 0 Å². The third-order valence-corrected chi connectivity index (χ3v) is 1.61. The molecule has 3 heteroatoms. The zero-order valence-corrected chi connectivity index (χ0v) is 6.55. The van der Waals surface area contributed by atoms with Crippen molar-refractivity contribution < 1.29 is 14.2 Å². The van der Waals surface area contributed by atoms with Crippen LogP contribution >= 0.6 is 0 Å². The van der Waals surface area contributed by atoms with Crippen LogP contribution in [0.15, 0.2) is 0 Å². The lowest BCUT2D eigenvalue weighted by atomic mass is 10.1. The predicted molar refractivity (Wildman–Crippen MR) is 36.8 cm³/mol. The molecule has 1 aliphatic heterocycles. The SMILES string of the molecule is COCOCCC1(C)CO1.